The second-order valence-corrected chi connectivity index (χ2v) is 8.39. The second kappa shape index (κ2) is 6.22. The van der Waals surface area contributed by atoms with Gasteiger partial charge in [0.2, 0.25) is 10.0 Å². The summed E-state index contributed by atoms with van der Waals surface area (Å²) in [6.07, 6.45) is 1.89. The number of primary sulfonamides is 1. The highest BCUT2D eigenvalue weighted by molar-refractivity contribution is 7.89. The highest BCUT2D eigenvalue weighted by atomic mass is 32.2. The van der Waals surface area contributed by atoms with Gasteiger partial charge < -0.3 is 5.32 Å². The van der Waals surface area contributed by atoms with Crippen LogP contribution in [0, 0.1) is 11.8 Å². The molecule has 0 heterocycles. The molecule has 1 aromatic rings. The van der Waals surface area contributed by atoms with Crippen molar-refractivity contribution in [3.63, 3.8) is 0 Å². The van der Waals surface area contributed by atoms with Crippen molar-refractivity contribution >= 4 is 15.7 Å². The first kappa shape index (κ1) is 17.5. The van der Waals surface area contributed by atoms with E-state index in [0.717, 1.165) is 37.3 Å². The molecule has 3 N–H and O–H groups in total. The zero-order valence-electron chi connectivity index (χ0n) is 13.1. The molecule has 4 nitrogen and oxygen atoms in total. The van der Waals surface area contributed by atoms with E-state index in [1.807, 2.05) is 0 Å². The Morgan fingerprint density at radius 3 is 2.38 bits per heavy atom. The number of halogens is 3. The summed E-state index contributed by atoms with van der Waals surface area (Å²) in [5.41, 5.74) is -0.930. The largest absolute Gasteiger partial charge is 0.417 e. The van der Waals surface area contributed by atoms with Crippen LogP contribution in [0.1, 0.15) is 44.1 Å². The van der Waals surface area contributed by atoms with Gasteiger partial charge >= 0.3 is 6.18 Å². The molecule has 2 aliphatic carbocycles. The fourth-order valence-electron chi connectivity index (χ4n) is 3.68. The molecular formula is C16H21F3N2O2S. The van der Waals surface area contributed by atoms with Crippen molar-refractivity contribution in [2.75, 3.05) is 5.32 Å². The minimum atomic E-state index is -4.78. The van der Waals surface area contributed by atoms with E-state index in [1.54, 1.807) is 0 Å². The van der Waals surface area contributed by atoms with Gasteiger partial charge in [-0.2, -0.15) is 13.2 Å². The van der Waals surface area contributed by atoms with Crippen LogP contribution in [0.15, 0.2) is 23.1 Å². The normalized spacial score (nSPS) is 25.5. The monoisotopic (exact) mass is 362 g/mol. The summed E-state index contributed by atoms with van der Waals surface area (Å²) in [5.74, 6) is 1.44. The first-order chi connectivity index (χ1) is 11.1. The van der Waals surface area contributed by atoms with Crippen LogP contribution < -0.4 is 10.5 Å². The number of sulfonamides is 1. The Morgan fingerprint density at radius 1 is 1.08 bits per heavy atom. The zero-order valence-corrected chi connectivity index (χ0v) is 14.0. The van der Waals surface area contributed by atoms with Crippen LogP contribution in [0.4, 0.5) is 18.9 Å². The highest BCUT2D eigenvalue weighted by Crippen LogP contribution is 2.44. The Balaban J connectivity index is 1.81. The Kier molecular flexibility index (Phi) is 4.55. The lowest BCUT2D eigenvalue weighted by molar-refractivity contribution is -0.139. The molecule has 134 valence electrons. The molecule has 2 atom stereocenters. The van der Waals surface area contributed by atoms with Crippen molar-refractivity contribution in [3.05, 3.63) is 23.8 Å². The van der Waals surface area contributed by atoms with Gasteiger partial charge in [0.1, 0.15) is 0 Å². The third-order valence-electron chi connectivity index (χ3n) is 4.97. The fourth-order valence-corrected chi connectivity index (χ4v) is 4.42. The number of hydrogen-bond donors (Lipinski definition) is 2. The molecule has 0 aliphatic heterocycles. The molecule has 3 rings (SSSR count). The van der Waals surface area contributed by atoms with Crippen molar-refractivity contribution in [3.8, 4) is 0 Å². The molecule has 0 spiro atoms. The van der Waals surface area contributed by atoms with E-state index in [-0.39, 0.29) is 11.7 Å². The molecule has 0 amide bonds. The molecule has 2 saturated carbocycles. The van der Waals surface area contributed by atoms with Crippen LogP contribution in [0.5, 0.6) is 0 Å². The maximum absolute atomic E-state index is 13.2. The summed E-state index contributed by atoms with van der Waals surface area (Å²) >= 11 is 0. The smallest absolute Gasteiger partial charge is 0.382 e. The van der Waals surface area contributed by atoms with Crippen LogP contribution in [-0.2, 0) is 16.2 Å². The molecule has 0 aromatic heterocycles. The summed E-state index contributed by atoms with van der Waals surface area (Å²) < 4.78 is 62.3. The quantitative estimate of drug-likeness (QED) is 0.857. The lowest BCUT2D eigenvalue weighted by Crippen LogP contribution is -2.28. The first-order valence-electron chi connectivity index (χ1n) is 8.15. The molecule has 2 fully saturated rings. The van der Waals surface area contributed by atoms with E-state index in [4.69, 9.17) is 5.14 Å². The maximum Gasteiger partial charge on any atom is 0.417 e. The topological polar surface area (TPSA) is 72.2 Å². The predicted molar refractivity (Wildman–Crippen MR) is 84.9 cm³/mol. The minimum Gasteiger partial charge on any atom is -0.382 e. The molecule has 1 aromatic carbocycles. The summed E-state index contributed by atoms with van der Waals surface area (Å²) in [5, 5.41) is 8.05. The average molecular weight is 362 g/mol. The molecular weight excluding hydrogens is 341 g/mol. The Hall–Kier alpha value is -1.28. The zero-order chi connectivity index (χ0) is 17.5. The number of nitrogens with two attached hydrogens (primary N) is 1. The van der Waals surface area contributed by atoms with Gasteiger partial charge in [-0.3, -0.25) is 0 Å². The van der Waals surface area contributed by atoms with Gasteiger partial charge in [-0.15, -0.1) is 0 Å². The van der Waals surface area contributed by atoms with Gasteiger partial charge in [0, 0.05) is 11.7 Å². The Labute approximate surface area is 139 Å². The van der Waals surface area contributed by atoms with Crippen molar-refractivity contribution in [1.29, 1.82) is 0 Å². The molecule has 2 aliphatic rings. The lowest BCUT2D eigenvalue weighted by Gasteiger charge is -2.30. The first-order valence-corrected chi connectivity index (χ1v) is 9.70. The number of anilines is 1. The van der Waals surface area contributed by atoms with Crippen molar-refractivity contribution in [1.82, 2.24) is 0 Å². The van der Waals surface area contributed by atoms with E-state index in [2.05, 4.69) is 5.32 Å². The van der Waals surface area contributed by atoms with E-state index in [0.29, 0.717) is 5.92 Å². The standard InChI is InChI=1S/C16H21F3N2O2S/c17-16(18,19)14-9-13(6-7-15(14)24(20,22)23)21-12-3-1-2-11(8-12)10-4-5-10/h6-7,9-12,21H,1-5,8H2,(H2,20,22,23). The van der Waals surface area contributed by atoms with E-state index in [9.17, 15) is 21.6 Å². The number of nitrogens with one attached hydrogen (secondary N) is 1. The fraction of sp³-hybridized carbons (Fsp3) is 0.625. The van der Waals surface area contributed by atoms with Crippen LogP contribution in [-0.4, -0.2) is 14.5 Å². The molecule has 0 radical (unpaired) electrons. The molecule has 24 heavy (non-hydrogen) atoms. The van der Waals surface area contributed by atoms with Gasteiger partial charge in [-0.05, 0) is 55.7 Å². The summed E-state index contributed by atoms with van der Waals surface area (Å²) in [6, 6.07) is 3.27. The second-order valence-electron chi connectivity index (χ2n) is 6.86. The SMILES string of the molecule is NS(=O)(=O)c1ccc(NC2CCCC(C3CC3)C2)cc1C(F)(F)F. The minimum absolute atomic E-state index is 0.130. The third-order valence-corrected chi connectivity index (χ3v) is 5.93. The van der Waals surface area contributed by atoms with E-state index >= 15 is 0 Å². The summed E-state index contributed by atoms with van der Waals surface area (Å²) in [7, 11) is -4.43. The molecule has 2 unspecified atom stereocenters. The van der Waals surface area contributed by atoms with Gasteiger partial charge in [0.15, 0.2) is 0 Å². The van der Waals surface area contributed by atoms with Crippen molar-refractivity contribution in [2.24, 2.45) is 17.0 Å². The number of hydrogen-bond acceptors (Lipinski definition) is 3. The number of rotatable bonds is 4. The van der Waals surface area contributed by atoms with E-state index in [1.165, 1.54) is 25.3 Å². The van der Waals surface area contributed by atoms with Gasteiger partial charge in [0.25, 0.3) is 0 Å². The van der Waals surface area contributed by atoms with Crippen LogP contribution in [0.3, 0.4) is 0 Å². The summed E-state index contributed by atoms with van der Waals surface area (Å²) in [4.78, 5) is -0.889. The molecule has 0 saturated heterocycles. The molecule has 8 heteroatoms. The van der Waals surface area contributed by atoms with Gasteiger partial charge in [-0.1, -0.05) is 12.8 Å². The number of benzene rings is 1. The number of alkyl halides is 3. The maximum atomic E-state index is 13.2. The van der Waals surface area contributed by atoms with Gasteiger partial charge in [-0.25, -0.2) is 13.6 Å². The third kappa shape index (κ3) is 4.03. The lowest BCUT2D eigenvalue weighted by atomic mass is 9.82. The van der Waals surface area contributed by atoms with Crippen LogP contribution in [0.2, 0.25) is 0 Å². The van der Waals surface area contributed by atoms with Crippen molar-refractivity contribution in [2.45, 2.75) is 55.6 Å². The predicted octanol–water partition coefficient (Wildman–Crippen LogP) is 3.73. The van der Waals surface area contributed by atoms with Gasteiger partial charge in [0.05, 0.1) is 10.5 Å². The average Bonchev–Trinajstić information content (AvgIpc) is 3.30. The van der Waals surface area contributed by atoms with Crippen LogP contribution in [0.25, 0.3) is 0 Å². The van der Waals surface area contributed by atoms with E-state index < -0.39 is 26.7 Å². The van der Waals surface area contributed by atoms with Crippen molar-refractivity contribution < 1.29 is 21.6 Å². The highest BCUT2D eigenvalue weighted by Gasteiger charge is 2.37. The molecule has 0 bridgehead atoms. The Morgan fingerprint density at radius 2 is 1.79 bits per heavy atom. The Bertz CT molecular complexity index is 715. The summed E-state index contributed by atoms with van der Waals surface area (Å²) in [6.45, 7) is 0. The van der Waals surface area contributed by atoms with Crippen LogP contribution >= 0.6 is 0 Å².